The number of aliphatic imine (C=N–C) groups is 1. The Morgan fingerprint density at radius 1 is 1.70 bits per heavy atom. The van der Waals surface area contributed by atoms with Gasteiger partial charge in [-0.1, -0.05) is 0 Å². The minimum Gasteiger partial charge on any atom is -0.367 e. The van der Waals surface area contributed by atoms with Gasteiger partial charge >= 0.3 is 0 Å². The van der Waals surface area contributed by atoms with Crippen LogP contribution in [0.1, 0.15) is 26.2 Å². The quantitative estimate of drug-likeness (QED) is 0.535. The average Bonchev–Trinajstić information content (AvgIpc) is 2.27. The molecule has 2 heteroatoms. The monoisotopic (exact) mass is 136 g/mol. The van der Waals surface area contributed by atoms with Crippen LogP contribution >= 0.6 is 0 Å². The second kappa shape index (κ2) is 2.11. The highest BCUT2D eigenvalue weighted by molar-refractivity contribution is 5.61. The maximum atomic E-state index is 4.29. The lowest BCUT2D eigenvalue weighted by Crippen LogP contribution is -2.17. The van der Waals surface area contributed by atoms with Gasteiger partial charge in [-0.15, -0.1) is 0 Å². The lowest BCUT2D eigenvalue weighted by atomic mass is 10.1. The predicted octanol–water partition coefficient (Wildman–Crippen LogP) is 1.44. The SMILES string of the molecule is CC1CC2=C(N=CCC2)N1. The van der Waals surface area contributed by atoms with Crippen LogP contribution in [0.3, 0.4) is 0 Å². The van der Waals surface area contributed by atoms with Crippen LogP contribution in [0.5, 0.6) is 0 Å². The van der Waals surface area contributed by atoms with E-state index >= 15 is 0 Å². The third kappa shape index (κ3) is 0.838. The maximum Gasteiger partial charge on any atom is 0.124 e. The van der Waals surface area contributed by atoms with Crippen LogP contribution in [-0.4, -0.2) is 12.3 Å². The van der Waals surface area contributed by atoms with Gasteiger partial charge in [0.2, 0.25) is 0 Å². The summed E-state index contributed by atoms with van der Waals surface area (Å²) >= 11 is 0. The highest BCUT2D eigenvalue weighted by atomic mass is 15.1. The van der Waals surface area contributed by atoms with Crippen molar-refractivity contribution in [1.29, 1.82) is 0 Å². The Bertz CT molecular complexity index is 203. The minimum atomic E-state index is 0.611. The fourth-order valence-corrected chi connectivity index (χ4v) is 1.60. The molecule has 0 saturated heterocycles. The molecule has 54 valence electrons. The van der Waals surface area contributed by atoms with E-state index in [1.54, 1.807) is 0 Å². The third-order valence-corrected chi connectivity index (χ3v) is 2.07. The Balaban J connectivity index is 2.21. The summed E-state index contributed by atoms with van der Waals surface area (Å²) in [6.45, 7) is 2.20. The Kier molecular flexibility index (Phi) is 1.26. The van der Waals surface area contributed by atoms with E-state index in [1.807, 2.05) is 6.21 Å². The molecule has 10 heavy (non-hydrogen) atoms. The summed E-state index contributed by atoms with van der Waals surface area (Å²) in [5.41, 5.74) is 1.52. The molecule has 2 heterocycles. The smallest absolute Gasteiger partial charge is 0.124 e. The van der Waals surface area contributed by atoms with Crippen molar-refractivity contribution in [1.82, 2.24) is 5.32 Å². The number of nitrogens with one attached hydrogen (secondary N) is 1. The molecule has 0 amide bonds. The Morgan fingerprint density at radius 3 is 3.40 bits per heavy atom. The first-order valence-corrected chi connectivity index (χ1v) is 3.87. The molecule has 0 aromatic heterocycles. The highest BCUT2D eigenvalue weighted by Crippen LogP contribution is 2.25. The summed E-state index contributed by atoms with van der Waals surface area (Å²) in [5, 5.41) is 3.34. The fourth-order valence-electron chi connectivity index (χ4n) is 1.60. The lowest BCUT2D eigenvalue weighted by Gasteiger charge is -2.05. The lowest BCUT2D eigenvalue weighted by molar-refractivity contribution is 0.662. The molecule has 0 aromatic rings. The average molecular weight is 136 g/mol. The first kappa shape index (κ1) is 5.96. The highest BCUT2D eigenvalue weighted by Gasteiger charge is 2.20. The Labute approximate surface area is 61.0 Å². The molecule has 0 aliphatic carbocycles. The number of hydrogen-bond acceptors (Lipinski definition) is 2. The zero-order valence-corrected chi connectivity index (χ0v) is 6.22. The summed E-state index contributed by atoms with van der Waals surface area (Å²) < 4.78 is 0. The van der Waals surface area contributed by atoms with Crippen LogP contribution in [-0.2, 0) is 0 Å². The van der Waals surface area contributed by atoms with E-state index in [0.29, 0.717) is 6.04 Å². The van der Waals surface area contributed by atoms with E-state index in [0.717, 1.165) is 12.2 Å². The molecule has 1 unspecified atom stereocenters. The van der Waals surface area contributed by atoms with Crippen molar-refractivity contribution in [2.75, 3.05) is 0 Å². The predicted molar refractivity (Wildman–Crippen MR) is 42.0 cm³/mol. The number of nitrogens with zero attached hydrogens (tertiary/aromatic N) is 1. The first-order valence-electron chi connectivity index (χ1n) is 3.87. The van der Waals surface area contributed by atoms with Gasteiger partial charge in [-0.25, -0.2) is 4.99 Å². The second-order valence-corrected chi connectivity index (χ2v) is 3.05. The third-order valence-electron chi connectivity index (χ3n) is 2.07. The van der Waals surface area contributed by atoms with Gasteiger partial charge in [0.05, 0.1) is 0 Å². The standard InChI is InChI=1S/C8H12N2/c1-6-5-7-3-2-4-9-8(7)10-6/h4,6,10H,2-3,5H2,1H3. The van der Waals surface area contributed by atoms with E-state index in [-0.39, 0.29) is 0 Å². The summed E-state index contributed by atoms with van der Waals surface area (Å²) in [5.74, 6) is 1.15. The zero-order valence-electron chi connectivity index (χ0n) is 6.22. The molecule has 2 aliphatic heterocycles. The molecule has 0 bridgehead atoms. The molecular formula is C8H12N2. The van der Waals surface area contributed by atoms with E-state index < -0.39 is 0 Å². The van der Waals surface area contributed by atoms with Crippen LogP contribution in [0.15, 0.2) is 16.4 Å². The van der Waals surface area contributed by atoms with Gasteiger partial charge in [0.15, 0.2) is 0 Å². The molecule has 2 aliphatic rings. The zero-order chi connectivity index (χ0) is 6.97. The molecule has 1 atom stereocenters. The minimum absolute atomic E-state index is 0.611. The largest absolute Gasteiger partial charge is 0.367 e. The van der Waals surface area contributed by atoms with Crippen LogP contribution in [0, 0.1) is 0 Å². The molecule has 0 saturated carbocycles. The van der Waals surface area contributed by atoms with Crippen LogP contribution in [0.25, 0.3) is 0 Å². The van der Waals surface area contributed by atoms with Gasteiger partial charge in [-0.2, -0.15) is 0 Å². The van der Waals surface area contributed by atoms with Crippen molar-refractivity contribution in [2.45, 2.75) is 32.2 Å². The van der Waals surface area contributed by atoms with Crippen molar-refractivity contribution in [3.8, 4) is 0 Å². The van der Waals surface area contributed by atoms with Crippen LogP contribution in [0.2, 0.25) is 0 Å². The molecule has 1 N–H and O–H groups in total. The molecule has 0 spiro atoms. The van der Waals surface area contributed by atoms with Gasteiger partial charge in [0.1, 0.15) is 5.82 Å². The van der Waals surface area contributed by atoms with Gasteiger partial charge < -0.3 is 5.32 Å². The summed E-state index contributed by atoms with van der Waals surface area (Å²) in [4.78, 5) is 4.29. The van der Waals surface area contributed by atoms with Crippen LogP contribution in [0.4, 0.5) is 0 Å². The van der Waals surface area contributed by atoms with Crippen molar-refractivity contribution >= 4 is 6.21 Å². The van der Waals surface area contributed by atoms with Gasteiger partial charge in [0, 0.05) is 12.3 Å². The van der Waals surface area contributed by atoms with Crippen molar-refractivity contribution < 1.29 is 0 Å². The number of hydrogen-bond donors (Lipinski definition) is 1. The van der Waals surface area contributed by atoms with Crippen molar-refractivity contribution in [3.63, 3.8) is 0 Å². The summed E-state index contributed by atoms with van der Waals surface area (Å²) in [7, 11) is 0. The summed E-state index contributed by atoms with van der Waals surface area (Å²) in [6, 6.07) is 0.611. The van der Waals surface area contributed by atoms with Gasteiger partial charge in [-0.05, 0) is 31.8 Å². The topological polar surface area (TPSA) is 24.4 Å². The molecule has 0 fully saturated rings. The molecule has 2 nitrogen and oxygen atoms in total. The molecule has 2 rings (SSSR count). The van der Waals surface area contributed by atoms with Crippen molar-refractivity contribution in [3.05, 3.63) is 11.4 Å². The second-order valence-electron chi connectivity index (χ2n) is 3.05. The van der Waals surface area contributed by atoms with E-state index in [2.05, 4.69) is 17.2 Å². The summed E-state index contributed by atoms with van der Waals surface area (Å²) in [6.07, 6.45) is 5.56. The fraction of sp³-hybridized carbons (Fsp3) is 0.625. The number of rotatable bonds is 0. The maximum absolute atomic E-state index is 4.29. The normalized spacial score (nSPS) is 30.3. The molecule has 0 aromatic carbocycles. The van der Waals surface area contributed by atoms with E-state index in [1.165, 1.54) is 18.4 Å². The molecule has 0 radical (unpaired) electrons. The Hall–Kier alpha value is -0.790. The first-order chi connectivity index (χ1) is 4.86. The van der Waals surface area contributed by atoms with Crippen molar-refractivity contribution in [2.24, 2.45) is 4.99 Å². The Morgan fingerprint density at radius 2 is 2.60 bits per heavy atom. The van der Waals surface area contributed by atoms with Crippen LogP contribution < -0.4 is 5.32 Å². The van der Waals surface area contributed by atoms with E-state index in [9.17, 15) is 0 Å². The van der Waals surface area contributed by atoms with E-state index in [4.69, 9.17) is 0 Å². The molecular weight excluding hydrogens is 124 g/mol. The van der Waals surface area contributed by atoms with Gasteiger partial charge in [-0.3, -0.25) is 0 Å². The van der Waals surface area contributed by atoms with Gasteiger partial charge in [0.25, 0.3) is 0 Å².